The first-order chi connectivity index (χ1) is 10.4. The molecule has 1 aliphatic rings. The van der Waals surface area contributed by atoms with E-state index in [4.69, 9.17) is 0 Å². The summed E-state index contributed by atoms with van der Waals surface area (Å²) in [6.45, 7) is 1.75. The maximum Gasteiger partial charge on any atom is 0.273 e. The molecule has 116 valence electrons. The number of sulfonamides is 1. The lowest BCUT2D eigenvalue weighted by molar-refractivity contribution is 0.0945. The highest BCUT2D eigenvalue weighted by Gasteiger charge is 2.33. The van der Waals surface area contributed by atoms with E-state index in [0.29, 0.717) is 0 Å². The van der Waals surface area contributed by atoms with Crippen molar-refractivity contribution >= 4 is 33.0 Å². The molecule has 0 unspecified atom stereocenters. The van der Waals surface area contributed by atoms with Crippen LogP contribution in [0.15, 0.2) is 39.9 Å². The highest BCUT2D eigenvalue weighted by Crippen LogP contribution is 2.31. The largest absolute Gasteiger partial charge is 0.348 e. The van der Waals surface area contributed by atoms with Gasteiger partial charge in [-0.05, 0) is 36.6 Å². The van der Waals surface area contributed by atoms with Gasteiger partial charge in [0.25, 0.3) is 15.9 Å². The van der Waals surface area contributed by atoms with Crippen LogP contribution in [0.1, 0.15) is 17.3 Å². The Balaban J connectivity index is 2.20. The van der Waals surface area contributed by atoms with Crippen LogP contribution in [0.5, 0.6) is 0 Å². The molecule has 2 heterocycles. The highest BCUT2D eigenvalue weighted by atomic mass is 32.2. The molecule has 2 aromatic rings. The number of nitrogens with zero attached hydrogens (tertiary/aromatic N) is 1. The number of hydrogen-bond acceptors (Lipinski definition) is 4. The second-order valence-corrected chi connectivity index (χ2v) is 8.04. The van der Waals surface area contributed by atoms with Crippen LogP contribution in [0, 0.1) is 5.82 Å². The molecule has 0 saturated heterocycles. The maximum atomic E-state index is 13.6. The summed E-state index contributed by atoms with van der Waals surface area (Å²) in [5.74, 6) is -1.00. The maximum absolute atomic E-state index is 13.6. The summed E-state index contributed by atoms with van der Waals surface area (Å²) >= 11 is 1.08. The van der Waals surface area contributed by atoms with Gasteiger partial charge in [0.05, 0.1) is 17.8 Å². The molecule has 1 amide bonds. The lowest BCUT2D eigenvalue weighted by Gasteiger charge is -2.24. The number of thiophene rings is 1. The van der Waals surface area contributed by atoms with E-state index < -0.39 is 27.8 Å². The van der Waals surface area contributed by atoms with Crippen LogP contribution in [-0.4, -0.2) is 26.9 Å². The van der Waals surface area contributed by atoms with Crippen molar-refractivity contribution in [1.82, 2.24) is 5.32 Å². The molecule has 1 aromatic carbocycles. The average molecular weight is 340 g/mol. The minimum absolute atomic E-state index is 0.0441. The van der Waals surface area contributed by atoms with Crippen LogP contribution in [0.25, 0.3) is 0 Å². The summed E-state index contributed by atoms with van der Waals surface area (Å²) in [7, 11) is -3.84. The van der Waals surface area contributed by atoms with Crippen LogP contribution in [0.4, 0.5) is 10.1 Å². The van der Waals surface area contributed by atoms with E-state index >= 15 is 0 Å². The number of rotatable bonds is 2. The Bertz CT molecular complexity index is 819. The predicted molar refractivity (Wildman–Crippen MR) is 82.2 cm³/mol. The third-order valence-corrected chi connectivity index (χ3v) is 6.48. The van der Waals surface area contributed by atoms with E-state index in [1.165, 1.54) is 12.1 Å². The average Bonchev–Trinajstić information content (AvgIpc) is 2.95. The topological polar surface area (TPSA) is 66.5 Å². The summed E-state index contributed by atoms with van der Waals surface area (Å²) in [6, 6.07) is 6.26. The van der Waals surface area contributed by atoms with Gasteiger partial charge >= 0.3 is 0 Å². The second-order valence-electron chi connectivity index (χ2n) is 5.00. The lowest BCUT2D eigenvalue weighted by Crippen LogP contribution is -2.40. The third-order valence-electron chi connectivity index (χ3n) is 3.33. The van der Waals surface area contributed by atoms with Gasteiger partial charge in [-0.25, -0.2) is 12.8 Å². The van der Waals surface area contributed by atoms with Crippen molar-refractivity contribution in [3.8, 4) is 0 Å². The number of nitrogens with one attached hydrogen (secondary N) is 1. The Hall–Kier alpha value is -1.93. The van der Waals surface area contributed by atoms with Crippen molar-refractivity contribution < 1.29 is 17.6 Å². The predicted octanol–water partition coefficient (Wildman–Crippen LogP) is 2.21. The number of halogens is 1. The van der Waals surface area contributed by atoms with Crippen molar-refractivity contribution in [3.63, 3.8) is 0 Å². The summed E-state index contributed by atoms with van der Waals surface area (Å²) in [4.78, 5) is 12.1. The third kappa shape index (κ3) is 2.48. The van der Waals surface area contributed by atoms with Crippen molar-refractivity contribution in [3.05, 3.63) is 47.1 Å². The van der Waals surface area contributed by atoms with Gasteiger partial charge in [0.1, 0.15) is 10.0 Å². The normalized spacial score (nSPS) is 18.5. The minimum atomic E-state index is -3.84. The molecule has 1 N–H and O–H groups in total. The molecular weight excluding hydrogens is 327 g/mol. The number of carbonyl (C=O) groups is 1. The van der Waals surface area contributed by atoms with Crippen molar-refractivity contribution in [1.29, 1.82) is 0 Å². The number of hydrogen-bond donors (Lipinski definition) is 1. The molecule has 0 fully saturated rings. The van der Waals surface area contributed by atoms with E-state index in [9.17, 15) is 17.6 Å². The summed E-state index contributed by atoms with van der Waals surface area (Å²) < 4.78 is 40.5. The molecule has 0 saturated carbocycles. The first-order valence-electron chi connectivity index (χ1n) is 6.56. The van der Waals surface area contributed by atoms with Gasteiger partial charge in [-0.3, -0.25) is 9.10 Å². The number of benzene rings is 1. The van der Waals surface area contributed by atoms with Crippen molar-refractivity contribution in [2.75, 3.05) is 10.8 Å². The monoisotopic (exact) mass is 340 g/mol. The van der Waals surface area contributed by atoms with E-state index in [1.54, 1.807) is 18.4 Å². The van der Waals surface area contributed by atoms with Crippen LogP contribution in [0.2, 0.25) is 0 Å². The molecular formula is C14H13FN2O3S2. The summed E-state index contributed by atoms with van der Waals surface area (Å²) in [6.07, 6.45) is 0. The Labute approximate surface area is 131 Å². The molecule has 1 atom stereocenters. The van der Waals surface area contributed by atoms with E-state index in [2.05, 4.69) is 5.32 Å². The summed E-state index contributed by atoms with van der Waals surface area (Å²) in [5, 5.41) is 4.36. The number of anilines is 1. The molecule has 0 spiro atoms. The molecule has 1 aromatic heterocycles. The van der Waals surface area contributed by atoms with Gasteiger partial charge in [0, 0.05) is 6.04 Å². The lowest BCUT2D eigenvalue weighted by atomic mass is 10.1. The Morgan fingerprint density at radius 2 is 2.14 bits per heavy atom. The zero-order valence-electron chi connectivity index (χ0n) is 11.6. The number of fused-ring (bicyclic) bond motifs is 1. The molecule has 1 aliphatic heterocycles. The van der Waals surface area contributed by atoms with E-state index in [-0.39, 0.29) is 22.0 Å². The molecule has 0 bridgehead atoms. The van der Waals surface area contributed by atoms with Crippen LogP contribution in [-0.2, 0) is 10.0 Å². The van der Waals surface area contributed by atoms with Crippen LogP contribution in [0.3, 0.4) is 0 Å². The first-order valence-corrected chi connectivity index (χ1v) is 8.88. The fraction of sp³-hybridized carbons (Fsp3) is 0.214. The number of carbonyl (C=O) groups excluding carboxylic acids is 1. The summed E-state index contributed by atoms with van der Waals surface area (Å²) in [5.41, 5.74) is 0.209. The van der Waals surface area contributed by atoms with Gasteiger partial charge in [-0.1, -0.05) is 6.07 Å². The quantitative estimate of drug-likeness (QED) is 0.911. The van der Waals surface area contributed by atoms with Crippen LogP contribution >= 0.6 is 11.3 Å². The van der Waals surface area contributed by atoms with E-state index in [1.807, 2.05) is 0 Å². The minimum Gasteiger partial charge on any atom is -0.348 e. The van der Waals surface area contributed by atoms with Crippen LogP contribution < -0.4 is 9.62 Å². The standard InChI is InChI=1S/C14H13FN2O3S2/c1-9-8-17(22(19,20)13-3-2-6-21-13)12-7-10(15)4-5-11(12)14(18)16-9/h2-7,9H,8H2,1H3,(H,16,18)/t9-/m1/s1. The van der Waals surface area contributed by atoms with Gasteiger partial charge < -0.3 is 5.32 Å². The zero-order chi connectivity index (χ0) is 15.9. The molecule has 8 heteroatoms. The van der Waals surface area contributed by atoms with Crippen molar-refractivity contribution in [2.24, 2.45) is 0 Å². The van der Waals surface area contributed by atoms with Crippen molar-refractivity contribution in [2.45, 2.75) is 17.2 Å². The van der Waals surface area contributed by atoms with Gasteiger partial charge in [0.2, 0.25) is 0 Å². The molecule has 22 heavy (non-hydrogen) atoms. The smallest absolute Gasteiger partial charge is 0.273 e. The first kappa shape index (κ1) is 15.0. The Morgan fingerprint density at radius 1 is 1.36 bits per heavy atom. The van der Waals surface area contributed by atoms with Gasteiger partial charge in [0.15, 0.2) is 0 Å². The Morgan fingerprint density at radius 3 is 2.82 bits per heavy atom. The molecule has 3 rings (SSSR count). The number of amides is 1. The Kier molecular flexibility index (Phi) is 3.65. The van der Waals surface area contributed by atoms with Gasteiger partial charge in [-0.2, -0.15) is 0 Å². The highest BCUT2D eigenvalue weighted by molar-refractivity contribution is 7.94. The van der Waals surface area contributed by atoms with E-state index in [0.717, 1.165) is 27.8 Å². The fourth-order valence-electron chi connectivity index (χ4n) is 2.34. The second kappa shape index (κ2) is 5.36. The fourth-order valence-corrected chi connectivity index (χ4v) is 5.01. The molecule has 5 nitrogen and oxygen atoms in total. The molecule has 0 radical (unpaired) electrons. The molecule has 0 aliphatic carbocycles. The zero-order valence-corrected chi connectivity index (χ0v) is 13.2. The SMILES string of the molecule is C[C@@H]1CN(S(=O)(=O)c2cccs2)c2cc(F)ccc2C(=O)N1. The van der Waals surface area contributed by atoms with Gasteiger partial charge in [-0.15, -0.1) is 11.3 Å².